The molecule has 0 saturated carbocycles. The number of aromatic nitrogens is 3. The number of hydrogen-bond donors (Lipinski definition) is 0. The van der Waals surface area contributed by atoms with Gasteiger partial charge in [0, 0.05) is 6.92 Å². The summed E-state index contributed by atoms with van der Waals surface area (Å²) < 4.78 is 67.9. The third kappa shape index (κ3) is 4.23. The number of alkyl halides is 5. The quantitative estimate of drug-likeness (QED) is 0.638. The Morgan fingerprint density at radius 3 is 2.20 bits per heavy atom. The molecule has 0 aliphatic carbocycles. The van der Waals surface area contributed by atoms with Crippen LogP contribution in [-0.2, 0) is 6.54 Å². The largest absolute Gasteiger partial charge is 0.573 e. The van der Waals surface area contributed by atoms with Crippen LogP contribution in [0.3, 0.4) is 0 Å². The van der Waals surface area contributed by atoms with E-state index in [-0.39, 0.29) is 5.75 Å². The molecule has 25 heavy (non-hydrogen) atoms. The van der Waals surface area contributed by atoms with Crippen LogP contribution >= 0.6 is 0 Å². The Morgan fingerprint density at radius 2 is 1.60 bits per heavy atom. The van der Waals surface area contributed by atoms with Crippen molar-refractivity contribution < 1.29 is 26.7 Å². The Kier molecular flexibility index (Phi) is 4.09. The van der Waals surface area contributed by atoms with Gasteiger partial charge in [0.1, 0.15) is 17.8 Å². The Bertz CT molecular complexity index is 881. The molecule has 1 aromatic heterocycles. The highest BCUT2D eigenvalue weighted by atomic mass is 19.4. The van der Waals surface area contributed by atoms with Crippen LogP contribution in [-0.4, -0.2) is 27.3 Å². The van der Waals surface area contributed by atoms with Gasteiger partial charge in [-0.25, -0.2) is 13.5 Å². The lowest BCUT2D eigenvalue weighted by atomic mass is 10.0. The molecule has 0 aliphatic rings. The maximum absolute atomic E-state index is 13.2. The van der Waals surface area contributed by atoms with Crippen molar-refractivity contribution in [3.63, 3.8) is 0 Å². The standard InChI is InChI=1S/C16H12F5N3O/c1-15(17,18)9-24-14-8-11(4-7-13(14)22-23-24)10-2-5-12(6-3-10)25-16(19,20)21/h2-8H,9H2,1H3. The van der Waals surface area contributed by atoms with Crippen molar-refractivity contribution in [3.8, 4) is 16.9 Å². The summed E-state index contributed by atoms with van der Waals surface area (Å²) in [6.45, 7) is 0.162. The van der Waals surface area contributed by atoms with E-state index in [4.69, 9.17) is 0 Å². The molecule has 1 heterocycles. The van der Waals surface area contributed by atoms with Gasteiger partial charge < -0.3 is 4.74 Å². The summed E-state index contributed by atoms with van der Waals surface area (Å²) in [7, 11) is 0. The first-order valence-corrected chi connectivity index (χ1v) is 7.18. The molecule has 0 aliphatic heterocycles. The fourth-order valence-corrected chi connectivity index (χ4v) is 2.37. The van der Waals surface area contributed by atoms with E-state index in [1.165, 1.54) is 24.3 Å². The van der Waals surface area contributed by atoms with Gasteiger partial charge in [-0.2, -0.15) is 0 Å². The smallest absolute Gasteiger partial charge is 0.406 e. The molecule has 2 aromatic carbocycles. The number of hydrogen-bond acceptors (Lipinski definition) is 3. The molecule has 0 bridgehead atoms. The molecule has 0 amide bonds. The summed E-state index contributed by atoms with van der Waals surface area (Å²) in [6, 6.07) is 10.2. The highest BCUT2D eigenvalue weighted by Gasteiger charge is 2.31. The molecule has 132 valence electrons. The van der Waals surface area contributed by atoms with E-state index in [0.29, 0.717) is 22.2 Å². The number of ether oxygens (including phenoxy) is 1. The lowest BCUT2D eigenvalue weighted by Crippen LogP contribution is -2.20. The number of rotatable bonds is 4. The van der Waals surface area contributed by atoms with Crippen molar-refractivity contribution in [2.45, 2.75) is 25.8 Å². The first-order chi connectivity index (χ1) is 11.6. The summed E-state index contributed by atoms with van der Waals surface area (Å²) in [4.78, 5) is 0. The van der Waals surface area contributed by atoms with Crippen molar-refractivity contribution in [3.05, 3.63) is 42.5 Å². The summed E-state index contributed by atoms with van der Waals surface area (Å²) in [5, 5.41) is 7.54. The van der Waals surface area contributed by atoms with Crippen LogP contribution in [0.15, 0.2) is 42.5 Å². The number of nitrogens with zero attached hydrogens (tertiary/aromatic N) is 3. The topological polar surface area (TPSA) is 39.9 Å². The summed E-state index contributed by atoms with van der Waals surface area (Å²) in [5.74, 6) is -3.29. The predicted molar refractivity (Wildman–Crippen MR) is 80.3 cm³/mol. The second-order valence-electron chi connectivity index (χ2n) is 5.59. The highest BCUT2D eigenvalue weighted by Crippen LogP contribution is 2.28. The molecule has 4 nitrogen and oxygen atoms in total. The molecule has 0 radical (unpaired) electrons. The van der Waals surface area contributed by atoms with Crippen LogP contribution in [0.1, 0.15) is 6.92 Å². The van der Waals surface area contributed by atoms with Gasteiger partial charge in [-0.1, -0.05) is 23.4 Å². The van der Waals surface area contributed by atoms with Crippen LogP contribution in [0, 0.1) is 0 Å². The summed E-state index contributed by atoms with van der Waals surface area (Å²) >= 11 is 0. The molecular formula is C16H12F5N3O. The Labute approximate surface area is 138 Å². The van der Waals surface area contributed by atoms with Gasteiger partial charge in [0.25, 0.3) is 5.92 Å². The van der Waals surface area contributed by atoms with Gasteiger partial charge >= 0.3 is 6.36 Å². The van der Waals surface area contributed by atoms with Crippen molar-refractivity contribution in [1.29, 1.82) is 0 Å². The minimum atomic E-state index is -4.76. The molecule has 3 rings (SSSR count). The fourth-order valence-electron chi connectivity index (χ4n) is 2.37. The Hall–Kier alpha value is -2.71. The fraction of sp³-hybridized carbons (Fsp3) is 0.250. The normalized spacial score (nSPS) is 12.6. The number of benzene rings is 2. The molecule has 0 N–H and O–H groups in total. The van der Waals surface area contributed by atoms with Gasteiger partial charge in [-0.05, 0) is 35.4 Å². The van der Waals surface area contributed by atoms with E-state index in [9.17, 15) is 22.0 Å². The van der Waals surface area contributed by atoms with E-state index in [1.807, 2.05) is 0 Å². The maximum atomic E-state index is 13.2. The number of halogens is 5. The molecule has 0 spiro atoms. The van der Waals surface area contributed by atoms with E-state index in [1.54, 1.807) is 18.2 Å². The SMILES string of the molecule is CC(F)(F)Cn1nnc2ccc(-c3ccc(OC(F)(F)F)cc3)cc21. The number of fused-ring (bicyclic) bond motifs is 1. The lowest BCUT2D eigenvalue weighted by Gasteiger charge is -2.11. The van der Waals surface area contributed by atoms with E-state index in [0.717, 1.165) is 11.6 Å². The summed E-state index contributed by atoms with van der Waals surface area (Å²) in [5.41, 5.74) is 2.10. The molecule has 0 atom stereocenters. The molecule has 0 saturated heterocycles. The van der Waals surface area contributed by atoms with Crippen LogP contribution in [0.25, 0.3) is 22.2 Å². The van der Waals surface area contributed by atoms with Gasteiger partial charge in [0.2, 0.25) is 0 Å². The molecule has 3 aromatic rings. The van der Waals surface area contributed by atoms with Crippen LogP contribution < -0.4 is 4.74 Å². The van der Waals surface area contributed by atoms with Crippen molar-refractivity contribution in [2.75, 3.05) is 0 Å². The molecule has 9 heteroatoms. The van der Waals surface area contributed by atoms with Crippen LogP contribution in [0.2, 0.25) is 0 Å². The zero-order valence-electron chi connectivity index (χ0n) is 12.9. The van der Waals surface area contributed by atoms with E-state index in [2.05, 4.69) is 15.0 Å². The van der Waals surface area contributed by atoms with Gasteiger partial charge in [-0.15, -0.1) is 18.3 Å². The van der Waals surface area contributed by atoms with Crippen LogP contribution in [0.5, 0.6) is 5.75 Å². The van der Waals surface area contributed by atoms with E-state index >= 15 is 0 Å². The van der Waals surface area contributed by atoms with Crippen molar-refractivity contribution in [2.24, 2.45) is 0 Å². The van der Waals surface area contributed by atoms with E-state index < -0.39 is 18.8 Å². The van der Waals surface area contributed by atoms with Gasteiger partial charge in [0.05, 0.1) is 5.52 Å². The minimum absolute atomic E-state index is 0.338. The average molecular weight is 357 g/mol. The third-order valence-corrected chi connectivity index (χ3v) is 3.36. The Balaban J connectivity index is 1.92. The highest BCUT2D eigenvalue weighted by molar-refractivity contribution is 5.81. The third-order valence-electron chi connectivity index (χ3n) is 3.36. The van der Waals surface area contributed by atoms with Crippen LogP contribution in [0.4, 0.5) is 22.0 Å². The summed E-state index contributed by atoms with van der Waals surface area (Å²) in [6.07, 6.45) is -4.76. The first-order valence-electron chi connectivity index (χ1n) is 7.18. The predicted octanol–water partition coefficient (Wildman–Crippen LogP) is 4.65. The second-order valence-corrected chi connectivity index (χ2v) is 5.59. The van der Waals surface area contributed by atoms with Crippen molar-refractivity contribution in [1.82, 2.24) is 15.0 Å². The molecular weight excluding hydrogens is 345 g/mol. The second kappa shape index (κ2) is 5.98. The minimum Gasteiger partial charge on any atom is -0.406 e. The zero-order chi connectivity index (χ0) is 18.2. The average Bonchev–Trinajstić information content (AvgIpc) is 2.87. The molecule has 0 unspecified atom stereocenters. The molecule has 0 fully saturated rings. The van der Waals surface area contributed by atoms with Crippen molar-refractivity contribution >= 4 is 11.0 Å². The monoisotopic (exact) mass is 357 g/mol. The lowest BCUT2D eigenvalue weighted by molar-refractivity contribution is -0.274. The first kappa shape index (κ1) is 17.1. The Morgan fingerprint density at radius 1 is 0.960 bits per heavy atom. The zero-order valence-corrected chi connectivity index (χ0v) is 12.9. The van der Waals surface area contributed by atoms with Gasteiger partial charge in [0.15, 0.2) is 0 Å². The van der Waals surface area contributed by atoms with Gasteiger partial charge in [-0.3, -0.25) is 0 Å². The maximum Gasteiger partial charge on any atom is 0.573 e.